The van der Waals surface area contributed by atoms with Crippen molar-refractivity contribution < 1.29 is 4.74 Å². The minimum Gasteiger partial charge on any atom is -0.487 e. The van der Waals surface area contributed by atoms with Crippen LogP contribution in [0.3, 0.4) is 0 Å². The van der Waals surface area contributed by atoms with E-state index in [1.165, 1.54) is 16.7 Å². The van der Waals surface area contributed by atoms with Crippen molar-refractivity contribution in [3.05, 3.63) is 109 Å². The zero-order chi connectivity index (χ0) is 22.3. The number of hydrogen-bond donors (Lipinski definition) is 0. The van der Waals surface area contributed by atoms with Crippen molar-refractivity contribution in [3.8, 4) is 16.9 Å². The van der Waals surface area contributed by atoms with E-state index in [0.717, 1.165) is 22.8 Å². The van der Waals surface area contributed by atoms with Crippen LogP contribution in [0.5, 0.6) is 5.75 Å². The Bertz CT molecular complexity index is 1200. The summed E-state index contributed by atoms with van der Waals surface area (Å²) in [4.78, 5) is 2.33. The van der Waals surface area contributed by atoms with Crippen LogP contribution in [0.4, 0.5) is 17.1 Å². The summed E-state index contributed by atoms with van der Waals surface area (Å²) < 4.78 is 6.31. The zero-order valence-electron chi connectivity index (χ0n) is 19.2. The Morgan fingerprint density at radius 2 is 1.19 bits per heavy atom. The van der Waals surface area contributed by atoms with Crippen LogP contribution in [0.2, 0.25) is 0 Å². The lowest BCUT2D eigenvalue weighted by molar-refractivity contribution is 0.0712. The smallest absolute Gasteiger partial charge is 0.124 e. The molecule has 32 heavy (non-hydrogen) atoms. The number of benzene rings is 4. The molecule has 2 heteroatoms. The van der Waals surface area contributed by atoms with Gasteiger partial charge in [-0.25, -0.2) is 0 Å². The van der Waals surface area contributed by atoms with Gasteiger partial charge in [0.1, 0.15) is 11.4 Å². The van der Waals surface area contributed by atoms with Crippen LogP contribution < -0.4 is 9.64 Å². The maximum atomic E-state index is 6.31. The highest BCUT2D eigenvalue weighted by Gasteiger charge is 2.48. The Morgan fingerprint density at radius 1 is 0.625 bits per heavy atom. The van der Waals surface area contributed by atoms with E-state index >= 15 is 0 Å². The average molecular weight is 420 g/mol. The van der Waals surface area contributed by atoms with Crippen LogP contribution in [-0.4, -0.2) is 5.60 Å². The molecule has 0 radical (unpaired) electrons. The molecule has 2 nitrogen and oxygen atoms in total. The monoisotopic (exact) mass is 419 g/mol. The fraction of sp³-hybridized carbons (Fsp3) is 0.200. The highest BCUT2D eigenvalue weighted by atomic mass is 16.5. The minimum atomic E-state index is -0.242. The largest absolute Gasteiger partial charge is 0.487 e. The summed E-state index contributed by atoms with van der Waals surface area (Å²) in [6, 6.07) is 36.4. The van der Waals surface area contributed by atoms with E-state index in [2.05, 4.69) is 136 Å². The number of fused-ring (bicyclic) bond motifs is 1. The van der Waals surface area contributed by atoms with Crippen molar-refractivity contribution in [3.63, 3.8) is 0 Å². The molecule has 0 fully saturated rings. The van der Waals surface area contributed by atoms with Crippen LogP contribution in [0.25, 0.3) is 11.1 Å². The third-order valence-electron chi connectivity index (χ3n) is 7.01. The molecule has 0 N–H and O–H groups in total. The molecule has 0 aromatic heterocycles. The molecule has 0 spiro atoms. The molecule has 160 valence electrons. The Morgan fingerprint density at radius 3 is 1.81 bits per heavy atom. The van der Waals surface area contributed by atoms with E-state index < -0.39 is 0 Å². The summed E-state index contributed by atoms with van der Waals surface area (Å²) in [6.07, 6.45) is 0. The molecule has 5 rings (SSSR count). The first-order valence-corrected chi connectivity index (χ1v) is 11.2. The van der Waals surface area contributed by atoms with Gasteiger partial charge in [-0.15, -0.1) is 0 Å². The topological polar surface area (TPSA) is 12.5 Å². The van der Waals surface area contributed by atoms with Crippen molar-refractivity contribution >= 4 is 17.1 Å². The molecule has 0 atom stereocenters. The summed E-state index contributed by atoms with van der Waals surface area (Å²) in [5.41, 5.74) is 6.77. The SMILES string of the molecule is CC1(C)Oc2ccc(-c3ccccc3N(c3ccccc3)c3ccccc3)cc2C1(C)C. The minimum absolute atomic E-state index is 0.0775. The number of ether oxygens (including phenoxy) is 1. The maximum Gasteiger partial charge on any atom is 0.124 e. The highest BCUT2D eigenvalue weighted by molar-refractivity contribution is 5.88. The molecule has 0 saturated carbocycles. The number of anilines is 3. The first-order valence-electron chi connectivity index (χ1n) is 11.2. The van der Waals surface area contributed by atoms with E-state index in [-0.39, 0.29) is 11.0 Å². The first-order chi connectivity index (χ1) is 15.4. The van der Waals surface area contributed by atoms with Crippen molar-refractivity contribution in [1.29, 1.82) is 0 Å². The van der Waals surface area contributed by atoms with Gasteiger partial charge in [-0.1, -0.05) is 74.5 Å². The molecule has 0 bridgehead atoms. The van der Waals surface area contributed by atoms with Crippen molar-refractivity contribution in [2.45, 2.75) is 38.7 Å². The summed E-state index contributed by atoms with van der Waals surface area (Å²) in [5, 5.41) is 0. The number of hydrogen-bond acceptors (Lipinski definition) is 2. The van der Waals surface area contributed by atoms with Crippen LogP contribution >= 0.6 is 0 Å². The zero-order valence-corrected chi connectivity index (χ0v) is 19.2. The molecule has 0 unspecified atom stereocenters. The van der Waals surface area contributed by atoms with E-state index in [1.54, 1.807) is 0 Å². The van der Waals surface area contributed by atoms with Gasteiger partial charge in [0.25, 0.3) is 0 Å². The van der Waals surface area contributed by atoms with Gasteiger partial charge in [-0.2, -0.15) is 0 Å². The second-order valence-corrected chi connectivity index (χ2v) is 9.47. The normalized spacial score (nSPS) is 15.6. The summed E-state index contributed by atoms with van der Waals surface area (Å²) in [6.45, 7) is 8.89. The van der Waals surface area contributed by atoms with Gasteiger partial charge >= 0.3 is 0 Å². The van der Waals surface area contributed by atoms with Gasteiger partial charge in [0.05, 0.1) is 5.69 Å². The van der Waals surface area contributed by atoms with Gasteiger partial charge in [-0.05, 0) is 61.9 Å². The molecular weight excluding hydrogens is 390 g/mol. The standard InChI is InChI=1S/C30H29NO/c1-29(2)26-21-22(19-20-28(26)32-30(29,3)4)25-17-11-12-18-27(25)31(23-13-7-5-8-14-23)24-15-9-6-10-16-24/h5-21H,1-4H3. The number of rotatable bonds is 4. The molecule has 1 aliphatic rings. The van der Waals surface area contributed by atoms with Gasteiger partial charge in [0.2, 0.25) is 0 Å². The summed E-state index contributed by atoms with van der Waals surface area (Å²) in [7, 11) is 0. The molecule has 1 aliphatic heterocycles. The molecule has 4 aromatic rings. The van der Waals surface area contributed by atoms with E-state index in [4.69, 9.17) is 4.74 Å². The van der Waals surface area contributed by atoms with Crippen molar-refractivity contribution in [2.24, 2.45) is 0 Å². The van der Waals surface area contributed by atoms with Crippen LogP contribution in [0.1, 0.15) is 33.3 Å². The second-order valence-electron chi connectivity index (χ2n) is 9.47. The van der Waals surface area contributed by atoms with Crippen LogP contribution in [0, 0.1) is 0 Å². The number of nitrogens with zero attached hydrogens (tertiary/aromatic N) is 1. The van der Waals surface area contributed by atoms with Crippen molar-refractivity contribution in [1.82, 2.24) is 0 Å². The lowest BCUT2D eigenvalue weighted by Crippen LogP contribution is -2.41. The fourth-order valence-electron chi connectivity index (χ4n) is 4.50. The number of para-hydroxylation sites is 3. The first kappa shape index (κ1) is 20.4. The van der Waals surface area contributed by atoms with Gasteiger partial charge in [-0.3, -0.25) is 0 Å². The molecular formula is C30H29NO. The van der Waals surface area contributed by atoms with E-state index in [0.29, 0.717) is 0 Å². The second kappa shape index (κ2) is 7.56. The maximum absolute atomic E-state index is 6.31. The highest BCUT2D eigenvalue weighted by Crippen LogP contribution is 2.50. The predicted octanol–water partition coefficient (Wildman–Crippen LogP) is 8.27. The molecule has 4 aromatic carbocycles. The van der Waals surface area contributed by atoms with Crippen molar-refractivity contribution in [2.75, 3.05) is 4.90 Å². The third-order valence-corrected chi connectivity index (χ3v) is 7.01. The summed E-state index contributed by atoms with van der Waals surface area (Å²) in [5.74, 6) is 0.990. The van der Waals surface area contributed by atoms with Gasteiger partial charge in [0, 0.05) is 27.9 Å². The van der Waals surface area contributed by atoms with Gasteiger partial charge in [0.15, 0.2) is 0 Å². The molecule has 1 heterocycles. The predicted molar refractivity (Wildman–Crippen MR) is 134 cm³/mol. The van der Waals surface area contributed by atoms with E-state index in [1.807, 2.05) is 0 Å². The third kappa shape index (κ3) is 3.27. The van der Waals surface area contributed by atoms with Crippen LogP contribution in [0.15, 0.2) is 103 Å². The Balaban J connectivity index is 1.69. The molecule has 0 saturated heterocycles. The van der Waals surface area contributed by atoms with Gasteiger partial charge < -0.3 is 9.64 Å². The average Bonchev–Trinajstić information content (AvgIpc) is 2.99. The fourth-order valence-corrected chi connectivity index (χ4v) is 4.50. The lowest BCUT2D eigenvalue weighted by Gasteiger charge is -2.33. The lowest BCUT2D eigenvalue weighted by atomic mass is 9.73. The van der Waals surface area contributed by atoms with Crippen LogP contribution in [-0.2, 0) is 5.41 Å². The summed E-state index contributed by atoms with van der Waals surface area (Å²) >= 11 is 0. The Labute approximate surface area is 191 Å². The Kier molecular flexibility index (Phi) is 4.82. The Hall–Kier alpha value is -3.52. The van der Waals surface area contributed by atoms with E-state index in [9.17, 15) is 0 Å². The quantitative estimate of drug-likeness (QED) is 0.330. The molecule has 0 aliphatic carbocycles. The molecule has 0 amide bonds.